The van der Waals surface area contributed by atoms with Gasteiger partial charge in [-0.25, -0.2) is 0 Å². The molecule has 1 aromatic carbocycles. The Morgan fingerprint density at radius 2 is 1.79 bits per heavy atom. The van der Waals surface area contributed by atoms with Crippen molar-refractivity contribution in [2.75, 3.05) is 13.7 Å². The first-order chi connectivity index (χ1) is 14.0. The van der Waals surface area contributed by atoms with Crippen molar-refractivity contribution < 1.29 is 14.3 Å². The minimum atomic E-state index is -0.299. The normalized spacial score (nSPS) is 16.3. The van der Waals surface area contributed by atoms with Crippen LogP contribution in [0.4, 0.5) is 0 Å². The van der Waals surface area contributed by atoms with Crippen molar-refractivity contribution in [3.05, 3.63) is 35.0 Å². The Morgan fingerprint density at radius 1 is 1.10 bits per heavy atom. The van der Waals surface area contributed by atoms with Gasteiger partial charge in [-0.05, 0) is 50.2 Å². The van der Waals surface area contributed by atoms with Gasteiger partial charge in [0.25, 0.3) is 0 Å². The molecule has 0 radical (unpaired) electrons. The second-order valence-electron chi connectivity index (χ2n) is 7.51. The Kier molecular flexibility index (Phi) is 9.45. The largest absolute Gasteiger partial charge is 0.493 e. The number of carbonyl (C=O) groups excluding carboxylic acids is 1. The molecule has 1 aromatic rings. The molecule has 29 heavy (non-hydrogen) atoms. The van der Waals surface area contributed by atoms with E-state index in [1.54, 1.807) is 14.0 Å². The Labute approximate surface area is 180 Å². The maximum Gasteiger partial charge on any atom is 0.171 e. The van der Waals surface area contributed by atoms with Gasteiger partial charge in [0, 0.05) is 11.3 Å². The highest BCUT2D eigenvalue weighted by Gasteiger charge is 2.28. The van der Waals surface area contributed by atoms with Crippen LogP contribution in [0.3, 0.4) is 0 Å². The monoisotopic (exact) mass is 418 g/mol. The summed E-state index contributed by atoms with van der Waals surface area (Å²) in [6.07, 6.45) is 8.74. The number of unbranched alkanes of at least 4 members (excludes halogenated alkanes) is 6. The van der Waals surface area contributed by atoms with Gasteiger partial charge in [-0.1, -0.05) is 51.5 Å². The van der Waals surface area contributed by atoms with Crippen LogP contribution in [-0.4, -0.2) is 24.6 Å². The van der Waals surface area contributed by atoms with E-state index in [4.69, 9.17) is 21.7 Å². The zero-order valence-electron chi connectivity index (χ0n) is 18.1. The number of nitrogens with one attached hydrogen (secondary N) is 2. The number of thiocarbonyl (C=S) groups is 1. The van der Waals surface area contributed by atoms with E-state index in [-0.39, 0.29) is 11.8 Å². The van der Waals surface area contributed by atoms with Crippen LogP contribution in [0.2, 0.25) is 0 Å². The van der Waals surface area contributed by atoms with E-state index in [1.807, 2.05) is 25.1 Å². The summed E-state index contributed by atoms with van der Waals surface area (Å²) in [4.78, 5) is 12.2. The molecule has 0 fully saturated rings. The first-order valence-electron chi connectivity index (χ1n) is 10.6. The summed E-state index contributed by atoms with van der Waals surface area (Å²) in [6, 6.07) is 5.49. The van der Waals surface area contributed by atoms with Crippen LogP contribution in [0.1, 0.15) is 77.3 Å². The molecule has 0 bridgehead atoms. The smallest absolute Gasteiger partial charge is 0.171 e. The number of methoxy groups -OCH3 is 1. The van der Waals surface area contributed by atoms with Crippen LogP contribution in [0.5, 0.6) is 11.5 Å². The number of ether oxygens (including phenoxy) is 2. The SMILES string of the molecule is CCCCCCCCCOc1ccc(C2NC(=S)NC(C)=C2C(C)=O)cc1OC. The molecule has 160 valence electrons. The Hall–Kier alpha value is -2.08. The molecule has 2 N–H and O–H groups in total. The van der Waals surface area contributed by atoms with Gasteiger partial charge >= 0.3 is 0 Å². The molecule has 0 saturated heterocycles. The van der Waals surface area contributed by atoms with Gasteiger partial charge in [-0.3, -0.25) is 4.79 Å². The minimum Gasteiger partial charge on any atom is -0.493 e. The summed E-state index contributed by atoms with van der Waals surface area (Å²) in [6.45, 7) is 6.35. The quantitative estimate of drug-likeness (QED) is 0.359. The molecule has 6 heteroatoms. The number of hydrogen-bond donors (Lipinski definition) is 2. The van der Waals surface area contributed by atoms with Crippen molar-refractivity contribution in [3.63, 3.8) is 0 Å². The van der Waals surface area contributed by atoms with Crippen molar-refractivity contribution >= 4 is 23.1 Å². The molecule has 1 aliphatic rings. The number of hydrogen-bond acceptors (Lipinski definition) is 4. The number of carbonyl (C=O) groups is 1. The highest BCUT2D eigenvalue weighted by Crippen LogP contribution is 2.34. The Balaban J connectivity index is 2.00. The number of benzene rings is 1. The molecule has 5 nitrogen and oxygen atoms in total. The molecular formula is C23H34N2O3S. The molecule has 0 amide bonds. The second kappa shape index (κ2) is 11.8. The van der Waals surface area contributed by atoms with Gasteiger partial charge < -0.3 is 20.1 Å². The highest BCUT2D eigenvalue weighted by molar-refractivity contribution is 7.80. The summed E-state index contributed by atoms with van der Waals surface area (Å²) in [5.41, 5.74) is 2.38. The number of rotatable bonds is 12. The lowest BCUT2D eigenvalue weighted by atomic mass is 9.93. The second-order valence-corrected chi connectivity index (χ2v) is 7.91. The summed E-state index contributed by atoms with van der Waals surface area (Å²) in [5.74, 6) is 1.40. The fourth-order valence-electron chi connectivity index (χ4n) is 3.64. The van der Waals surface area contributed by atoms with Gasteiger partial charge in [0.1, 0.15) is 0 Å². The van der Waals surface area contributed by atoms with Crippen LogP contribution in [0, 0.1) is 0 Å². The lowest BCUT2D eigenvalue weighted by Crippen LogP contribution is -2.44. The molecule has 1 aliphatic heterocycles. The first kappa shape index (κ1) is 23.2. The van der Waals surface area contributed by atoms with Crippen LogP contribution in [0.15, 0.2) is 29.5 Å². The molecule has 0 spiro atoms. The maximum atomic E-state index is 12.2. The lowest BCUT2D eigenvalue weighted by Gasteiger charge is -2.30. The Bertz CT molecular complexity index is 746. The minimum absolute atomic E-state index is 0.00762. The summed E-state index contributed by atoms with van der Waals surface area (Å²) in [7, 11) is 1.63. The zero-order valence-corrected chi connectivity index (χ0v) is 18.9. The molecule has 0 aliphatic carbocycles. The van der Waals surface area contributed by atoms with Gasteiger partial charge in [0.05, 0.1) is 19.8 Å². The molecular weight excluding hydrogens is 384 g/mol. The third-order valence-corrected chi connectivity index (χ3v) is 5.39. The van der Waals surface area contributed by atoms with Crippen LogP contribution < -0.4 is 20.1 Å². The van der Waals surface area contributed by atoms with E-state index in [9.17, 15) is 4.79 Å². The van der Waals surface area contributed by atoms with Gasteiger partial charge in [0.15, 0.2) is 22.4 Å². The van der Waals surface area contributed by atoms with E-state index < -0.39 is 0 Å². The lowest BCUT2D eigenvalue weighted by molar-refractivity contribution is -0.114. The Morgan fingerprint density at radius 3 is 2.45 bits per heavy atom. The number of allylic oxidation sites excluding steroid dienone is 1. The van der Waals surface area contributed by atoms with E-state index in [1.165, 1.54) is 38.5 Å². The predicted molar refractivity (Wildman–Crippen MR) is 121 cm³/mol. The third kappa shape index (κ3) is 6.74. The molecule has 2 rings (SSSR count). The topological polar surface area (TPSA) is 59.6 Å². The third-order valence-electron chi connectivity index (χ3n) is 5.17. The standard InChI is InChI=1S/C23H34N2O3S/c1-5-6-7-8-9-10-11-14-28-19-13-12-18(15-20(19)27-4)22-21(17(3)26)16(2)24-23(29)25-22/h12-13,15,22H,5-11,14H2,1-4H3,(H2,24,25,29). The van der Waals surface area contributed by atoms with E-state index in [0.29, 0.717) is 23.0 Å². The molecule has 1 unspecified atom stereocenters. The highest BCUT2D eigenvalue weighted by atomic mass is 32.1. The average molecular weight is 419 g/mol. The zero-order chi connectivity index (χ0) is 21.2. The molecule has 0 saturated carbocycles. The van der Waals surface area contributed by atoms with Crippen LogP contribution in [-0.2, 0) is 4.79 Å². The maximum absolute atomic E-state index is 12.2. The average Bonchev–Trinajstić information content (AvgIpc) is 2.69. The fraction of sp³-hybridized carbons (Fsp3) is 0.565. The molecule has 1 atom stereocenters. The predicted octanol–water partition coefficient (Wildman–Crippen LogP) is 5.21. The van der Waals surface area contributed by atoms with Crippen LogP contribution in [0.25, 0.3) is 0 Å². The van der Waals surface area contributed by atoms with E-state index in [0.717, 1.165) is 23.4 Å². The van der Waals surface area contributed by atoms with E-state index >= 15 is 0 Å². The number of ketones is 1. The fourth-order valence-corrected chi connectivity index (χ4v) is 3.91. The van der Waals surface area contributed by atoms with E-state index in [2.05, 4.69) is 17.6 Å². The first-order valence-corrected chi connectivity index (χ1v) is 11.0. The molecule has 0 aromatic heterocycles. The van der Waals surface area contributed by atoms with Crippen molar-refractivity contribution in [3.8, 4) is 11.5 Å². The summed E-state index contributed by atoms with van der Waals surface area (Å²) in [5, 5.41) is 6.73. The van der Waals surface area contributed by atoms with Gasteiger partial charge in [0.2, 0.25) is 0 Å². The number of Topliss-reactive ketones (excluding diaryl/α,β-unsaturated/α-hetero) is 1. The van der Waals surface area contributed by atoms with Crippen molar-refractivity contribution in [2.45, 2.75) is 71.8 Å². The van der Waals surface area contributed by atoms with Crippen molar-refractivity contribution in [1.82, 2.24) is 10.6 Å². The van der Waals surface area contributed by atoms with Crippen LogP contribution >= 0.6 is 12.2 Å². The van der Waals surface area contributed by atoms with Crippen molar-refractivity contribution in [2.24, 2.45) is 0 Å². The van der Waals surface area contributed by atoms with Gasteiger partial charge in [-0.2, -0.15) is 0 Å². The molecule has 1 heterocycles. The van der Waals surface area contributed by atoms with Crippen molar-refractivity contribution in [1.29, 1.82) is 0 Å². The van der Waals surface area contributed by atoms with Gasteiger partial charge in [-0.15, -0.1) is 0 Å². The summed E-state index contributed by atoms with van der Waals surface area (Å²) < 4.78 is 11.5. The summed E-state index contributed by atoms with van der Waals surface area (Å²) >= 11 is 5.28.